The number of hydrogen-bond acceptors (Lipinski definition) is 5. The number of esters is 1. The molecule has 2 aromatic carbocycles. The van der Waals surface area contributed by atoms with E-state index in [1.54, 1.807) is 38.1 Å². The van der Waals surface area contributed by atoms with Crippen LogP contribution in [0.4, 0.5) is 5.69 Å². The zero-order chi connectivity index (χ0) is 19.2. The number of benzene rings is 2. The van der Waals surface area contributed by atoms with Crippen molar-refractivity contribution < 1.29 is 22.7 Å². The van der Waals surface area contributed by atoms with Crippen LogP contribution in [0.15, 0.2) is 53.4 Å². The van der Waals surface area contributed by atoms with Crippen molar-refractivity contribution in [3.63, 3.8) is 0 Å². The van der Waals surface area contributed by atoms with Crippen LogP contribution in [0.5, 0.6) is 0 Å². The summed E-state index contributed by atoms with van der Waals surface area (Å²) in [5.41, 5.74) is 0.914. The fourth-order valence-corrected chi connectivity index (χ4v) is 3.95. The first-order valence-corrected chi connectivity index (χ1v) is 9.94. The third-order valence-corrected chi connectivity index (χ3v) is 5.57. The van der Waals surface area contributed by atoms with Gasteiger partial charge in [-0.25, -0.2) is 13.2 Å². The molecule has 0 atom stereocenters. The highest BCUT2D eigenvalue weighted by Crippen LogP contribution is 2.20. The predicted octanol–water partition coefficient (Wildman–Crippen LogP) is 3.30. The molecule has 0 aliphatic rings. The van der Waals surface area contributed by atoms with Crippen LogP contribution in [0.1, 0.15) is 41.0 Å². The van der Waals surface area contributed by atoms with E-state index in [0.717, 1.165) is 0 Å². The van der Waals surface area contributed by atoms with Crippen molar-refractivity contribution >= 4 is 27.4 Å². The molecule has 2 rings (SSSR count). The lowest BCUT2D eigenvalue weighted by Crippen LogP contribution is -2.17. The van der Waals surface area contributed by atoms with Gasteiger partial charge in [-0.3, -0.25) is 4.79 Å². The molecule has 0 heterocycles. The van der Waals surface area contributed by atoms with Gasteiger partial charge in [0, 0.05) is 5.69 Å². The van der Waals surface area contributed by atoms with Crippen LogP contribution in [0, 0.1) is 0 Å². The Morgan fingerprint density at radius 2 is 1.65 bits per heavy atom. The largest absolute Gasteiger partial charge is 0.462 e. The Balaban J connectivity index is 2.22. The van der Waals surface area contributed by atoms with E-state index in [1.807, 2.05) is 0 Å². The maximum atomic E-state index is 12.5. The van der Waals surface area contributed by atoms with Crippen LogP contribution in [-0.4, -0.2) is 32.7 Å². The summed E-state index contributed by atoms with van der Waals surface area (Å²) in [5.74, 6) is -0.989. The molecule has 0 fully saturated rings. The highest BCUT2D eigenvalue weighted by atomic mass is 32.2. The molecule has 0 bridgehead atoms. The molecule has 2 aromatic rings. The Bertz CT molecular complexity index is 888. The molecule has 0 saturated carbocycles. The summed E-state index contributed by atoms with van der Waals surface area (Å²) in [5, 5.41) is 2.66. The molecule has 0 aliphatic carbocycles. The molecule has 0 unspecified atom stereocenters. The fourth-order valence-electron chi connectivity index (χ4n) is 2.41. The third-order valence-electron chi connectivity index (χ3n) is 3.59. The zero-order valence-corrected chi connectivity index (χ0v) is 15.5. The minimum absolute atomic E-state index is 0.0162. The first-order chi connectivity index (χ1) is 12.4. The van der Waals surface area contributed by atoms with Gasteiger partial charge in [-0.1, -0.05) is 19.1 Å². The molecule has 0 saturated heterocycles. The number of ether oxygens (including phenoxy) is 1. The summed E-state index contributed by atoms with van der Waals surface area (Å²) in [4.78, 5) is 24.2. The van der Waals surface area contributed by atoms with Crippen molar-refractivity contribution in [3.05, 3.63) is 59.7 Å². The fraction of sp³-hybridized carbons (Fsp3) is 0.263. The van der Waals surface area contributed by atoms with Crippen LogP contribution in [0.25, 0.3) is 0 Å². The van der Waals surface area contributed by atoms with Gasteiger partial charge >= 0.3 is 5.97 Å². The monoisotopic (exact) mass is 375 g/mol. The second-order valence-electron chi connectivity index (χ2n) is 5.57. The lowest BCUT2D eigenvalue weighted by Gasteiger charge is -2.11. The molecular weight excluding hydrogens is 354 g/mol. The van der Waals surface area contributed by atoms with Crippen molar-refractivity contribution in [2.24, 2.45) is 0 Å². The number of rotatable bonds is 7. The predicted molar refractivity (Wildman–Crippen MR) is 99.1 cm³/mol. The maximum Gasteiger partial charge on any atom is 0.338 e. The molecule has 26 heavy (non-hydrogen) atoms. The Morgan fingerprint density at radius 1 is 1.00 bits per heavy atom. The van der Waals surface area contributed by atoms with E-state index in [-0.39, 0.29) is 22.8 Å². The SMILES string of the molecule is CCCS(=O)(=O)c1ccccc1C(=O)Nc1ccc(C(=O)OCC)cc1. The van der Waals surface area contributed by atoms with Gasteiger partial charge in [0.25, 0.3) is 5.91 Å². The van der Waals surface area contributed by atoms with E-state index in [4.69, 9.17) is 4.74 Å². The van der Waals surface area contributed by atoms with E-state index in [0.29, 0.717) is 17.7 Å². The first kappa shape index (κ1) is 19.7. The number of sulfone groups is 1. The Kier molecular flexibility index (Phi) is 6.52. The van der Waals surface area contributed by atoms with Crippen molar-refractivity contribution in [1.82, 2.24) is 0 Å². The number of carbonyl (C=O) groups excluding carboxylic acids is 2. The summed E-state index contributed by atoms with van der Waals surface area (Å²) in [6, 6.07) is 12.3. The van der Waals surface area contributed by atoms with Crippen LogP contribution >= 0.6 is 0 Å². The van der Waals surface area contributed by atoms with Gasteiger partial charge in [-0.2, -0.15) is 0 Å². The normalized spacial score (nSPS) is 11.0. The number of hydrogen-bond donors (Lipinski definition) is 1. The van der Waals surface area contributed by atoms with Gasteiger partial charge in [0.2, 0.25) is 0 Å². The summed E-state index contributed by atoms with van der Waals surface area (Å²) in [7, 11) is -3.52. The zero-order valence-electron chi connectivity index (χ0n) is 14.7. The molecule has 0 spiro atoms. The smallest absolute Gasteiger partial charge is 0.338 e. The average Bonchev–Trinajstić information content (AvgIpc) is 2.62. The Hall–Kier alpha value is -2.67. The van der Waals surface area contributed by atoms with E-state index in [9.17, 15) is 18.0 Å². The maximum absolute atomic E-state index is 12.5. The van der Waals surface area contributed by atoms with Gasteiger partial charge < -0.3 is 10.1 Å². The van der Waals surface area contributed by atoms with Gasteiger partial charge in [0.05, 0.1) is 28.4 Å². The number of nitrogens with one attached hydrogen (secondary N) is 1. The minimum Gasteiger partial charge on any atom is -0.462 e. The molecule has 0 aromatic heterocycles. The summed E-state index contributed by atoms with van der Waals surface area (Å²) >= 11 is 0. The number of amides is 1. The van der Waals surface area contributed by atoms with Crippen LogP contribution in [0.2, 0.25) is 0 Å². The second kappa shape index (κ2) is 8.62. The third kappa shape index (κ3) is 4.70. The summed E-state index contributed by atoms with van der Waals surface area (Å²) in [6.45, 7) is 3.77. The lowest BCUT2D eigenvalue weighted by atomic mass is 10.2. The van der Waals surface area contributed by atoms with Gasteiger partial charge in [-0.05, 0) is 49.7 Å². The van der Waals surface area contributed by atoms with Gasteiger partial charge in [0.15, 0.2) is 9.84 Å². The quantitative estimate of drug-likeness (QED) is 0.750. The van der Waals surface area contributed by atoms with E-state index in [2.05, 4.69) is 5.32 Å². The molecule has 138 valence electrons. The van der Waals surface area contributed by atoms with Crippen LogP contribution in [0.3, 0.4) is 0 Å². The lowest BCUT2D eigenvalue weighted by molar-refractivity contribution is 0.0526. The van der Waals surface area contributed by atoms with E-state index in [1.165, 1.54) is 24.3 Å². The molecular formula is C19H21NO5S. The van der Waals surface area contributed by atoms with Crippen LogP contribution in [-0.2, 0) is 14.6 Å². The second-order valence-corrected chi connectivity index (χ2v) is 7.64. The molecule has 6 nitrogen and oxygen atoms in total. The topological polar surface area (TPSA) is 89.5 Å². The van der Waals surface area contributed by atoms with Gasteiger partial charge in [0.1, 0.15) is 0 Å². The summed E-state index contributed by atoms with van der Waals surface area (Å²) in [6.07, 6.45) is 0.466. The Labute approximate surface area is 153 Å². The number of anilines is 1. The van der Waals surface area contributed by atoms with E-state index < -0.39 is 21.7 Å². The minimum atomic E-state index is -3.52. The first-order valence-electron chi connectivity index (χ1n) is 8.29. The Morgan fingerprint density at radius 3 is 2.27 bits per heavy atom. The van der Waals surface area contributed by atoms with Crippen LogP contribution < -0.4 is 5.32 Å². The van der Waals surface area contributed by atoms with Crippen molar-refractivity contribution in [2.45, 2.75) is 25.2 Å². The van der Waals surface area contributed by atoms with Crippen molar-refractivity contribution in [3.8, 4) is 0 Å². The van der Waals surface area contributed by atoms with E-state index >= 15 is 0 Å². The molecule has 1 N–H and O–H groups in total. The summed E-state index contributed by atoms with van der Waals surface area (Å²) < 4.78 is 29.6. The standard InChI is InChI=1S/C19H21NO5S/c1-3-13-26(23,24)17-8-6-5-7-16(17)18(21)20-15-11-9-14(10-12-15)19(22)25-4-2/h5-12H,3-4,13H2,1-2H3,(H,20,21). The highest BCUT2D eigenvalue weighted by Gasteiger charge is 2.21. The molecule has 7 heteroatoms. The highest BCUT2D eigenvalue weighted by molar-refractivity contribution is 7.91. The number of carbonyl (C=O) groups is 2. The van der Waals surface area contributed by atoms with Crippen molar-refractivity contribution in [2.75, 3.05) is 17.7 Å². The molecule has 0 aliphatic heterocycles. The molecule has 0 radical (unpaired) electrons. The average molecular weight is 375 g/mol. The molecule has 1 amide bonds. The van der Waals surface area contributed by atoms with Gasteiger partial charge in [-0.15, -0.1) is 0 Å². The van der Waals surface area contributed by atoms with Crippen molar-refractivity contribution in [1.29, 1.82) is 0 Å².